The van der Waals surface area contributed by atoms with Gasteiger partial charge in [0.15, 0.2) is 29.0 Å². The number of aromatic nitrogens is 5. The maximum atomic E-state index is 15.0. The van der Waals surface area contributed by atoms with Crippen molar-refractivity contribution < 1.29 is 27.0 Å². The molecule has 224 valence electrons. The number of nitrogens with one attached hydrogen (secondary N) is 1. The van der Waals surface area contributed by atoms with Gasteiger partial charge in [-0.3, -0.25) is 0 Å². The molecule has 2 aliphatic heterocycles. The van der Waals surface area contributed by atoms with Crippen molar-refractivity contribution in [3.63, 3.8) is 0 Å². The summed E-state index contributed by atoms with van der Waals surface area (Å²) in [5.41, 5.74) is 6.19. The zero-order chi connectivity index (χ0) is 29.9. The molecule has 5 heterocycles. The Morgan fingerprint density at radius 3 is 2.58 bits per heavy atom. The van der Waals surface area contributed by atoms with Crippen LogP contribution in [-0.2, 0) is 11.8 Å². The van der Waals surface area contributed by atoms with Crippen molar-refractivity contribution in [2.24, 2.45) is 18.4 Å². The van der Waals surface area contributed by atoms with Gasteiger partial charge in [-0.2, -0.15) is 4.98 Å². The molecule has 2 saturated heterocycles. The molecule has 1 saturated carbocycles. The van der Waals surface area contributed by atoms with E-state index in [2.05, 4.69) is 25.4 Å². The lowest BCUT2D eigenvalue weighted by atomic mass is 9.61. The summed E-state index contributed by atoms with van der Waals surface area (Å²) < 4.78 is 69.4. The Balaban J connectivity index is 1.11. The summed E-state index contributed by atoms with van der Waals surface area (Å²) >= 11 is 0. The number of aryl methyl sites for hydroxylation is 1. The summed E-state index contributed by atoms with van der Waals surface area (Å²) in [5.74, 6) is -2.26. The van der Waals surface area contributed by atoms with E-state index < -0.39 is 17.6 Å². The van der Waals surface area contributed by atoms with Crippen LogP contribution < -0.4 is 20.7 Å². The molecule has 1 aromatic carbocycles. The molecule has 3 aromatic heterocycles. The molecule has 0 bridgehead atoms. The van der Waals surface area contributed by atoms with E-state index in [1.807, 2.05) is 4.90 Å². The first kappa shape index (κ1) is 27.4. The first-order valence-corrected chi connectivity index (χ1v) is 13.8. The molecule has 43 heavy (non-hydrogen) atoms. The minimum Gasteiger partial charge on any atom is -0.489 e. The number of halogens is 4. The van der Waals surface area contributed by atoms with Crippen molar-refractivity contribution >= 4 is 23.3 Å². The van der Waals surface area contributed by atoms with Crippen LogP contribution in [0.2, 0.25) is 0 Å². The second-order valence-corrected chi connectivity index (χ2v) is 11.6. The molecule has 7 rings (SSSR count). The quantitative estimate of drug-likeness (QED) is 0.277. The third kappa shape index (κ3) is 5.09. The van der Waals surface area contributed by atoms with Crippen LogP contribution in [0, 0.1) is 23.0 Å². The van der Waals surface area contributed by atoms with Gasteiger partial charge in [0, 0.05) is 79.1 Å². The summed E-state index contributed by atoms with van der Waals surface area (Å²) in [6.07, 6.45) is 2.74. The highest BCUT2D eigenvalue weighted by molar-refractivity contribution is 5.71. The third-order valence-electron chi connectivity index (χ3n) is 8.09. The number of pyridine rings is 2. The molecular formula is C29H28F4N8O2. The number of benzene rings is 1. The maximum Gasteiger partial charge on any atom is 0.249 e. The lowest BCUT2D eigenvalue weighted by molar-refractivity contribution is -0.170. The van der Waals surface area contributed by atoms with E-state index >= 15 is 0 Å². The minimum atomic E-state index is -2.58. The molecule has 3 aliphatic rings. The fourth-order valence-electron chi connectivity index (χ4n) is 5.90. The Morgan fingerprint density at radius 2 is 1.88 bits per heavy atom. The largest absolute Gasteiger partial charge is 0.489 e. The van der Waals surface area contributed by atoms with Gasteiger partial charge in [0.05, 0.1) is 19.8 Å². The van der Waals surface area contributed by atoms with Crippen LogP contribution in [0.3, 0.4) is 0 Å². The van der Waals surface area contributed by atoms with Gasteiger partial charge in [0.25, 0.3) is 0 Å². The lowest BCUT2D eigenvalue weighted by Crippen LogP contribution is -2.66. The number of hydrogen-bond acceptors (Lipinski definition) is 9. The number of nitrogens with zero attached hydrogens (tertiary/aromatic N) is 6. The van der Waals surface area contributed by atoms with Gasteiger partial charge in [-0.25, -0.2) is 32.2 Å². The molecule has 0 atom stereocenters. The summed E-state index contributed by atoms with van der Waals surface area (Å²) in [6.45, 7) is 2.69. The number of rotatable bonds is 8. The Morgan fingerprint density at radius 1 is 1.09 bits per heavy atom. The average molecular weight is 597 g/mol. The smallest absolute Gasteiger partial charge is 0.249 e. The van der Waals surface area contributed by atoms with Crippen molar-refractivity contribution in [3.8, 4) is 28.3 Å². The highest BCUT2D eigenvalue weighted by Crippen LogP contribution is 2.57. The topological polar surface area (TPSA) is 116 Å². The molecule has 0 amide bonds. The van der Waals surface area contributed by atoms with Crippen LogP contribution in [0.1, 0.15) is 12.8 Å². The third-order valence-corrected chi connectivity index (χ3v) is 8.09. The molecule has 4 aromatic rings. The van der Waals surface area contributed by atoms with Crippen molar-refractivity contribution in [1.29, 1.82) is 0 Å². The number of hydrogen-bond donors (Lipinski definition) is 2. The highest BCUT2D eigenvalue weighted by atomic mass is 19.3. The predicted molar refractivity (Wildman–Crippen MR) is 150 cm³/mol. The first-order chi connectivity index (χ1) is 20.6. The number of anilines is 4. The Labute approximate surface area is 243 Å². The second kappa shape index (κ2) is 10.1. The lowest BCUT2D eigenvalue weighted by Gasteiger charge is -2.59. The van der Waals surface area contributed by atoms with Crippen molar-refractivity contribution in [2.45, 2.75) is 18.8 Å². The van der Waals surface area contributed by atoms with Gasteiger partial charge in [-0.1, -0.05) is 0 Å². The highest BCUT2D eigenvalue weighted by Gasteiger charge is 2.62. The molecule has 3 N–H and O–H groups in total. The molecule has 3 fully saturated rings. The van der Waals surface area contributed by atoms with Crippen molar-refractivity contribution in [1.82, 2.24) is 24.7 Å². The van der Waals surface area contributed by atoms with Crippen molar-refractivity contribution in [3.05, 3.63) is 54.4 Å². The zero-order valence-electron chi connectivity index (χ0n) is 23.2. The molecule has 0 radical (unpaired) electrons. The Kier molecular flexibility index (Phi) is 6.41. The Bertz CT molecular complexity index is 1690. The number of nitrogens with two attached hydrogens (primary N) is 1. The van der Waals surface area contributed by atoms with E-state index in [1.165, 1.54) is 29.1 Å². The minimum absolute atomic E-state index is 0.00956. The number of ether oxygens (including phenoxy) is 2. The second-order valence-electron chi connectivity index (χ2n) is 11.6. The van der Waals surface area contributed by atoms with Gasteiger partial charge in [0.1, 0.15) is 5.82 Å². The van der Waals surface area contributed by atoms with Gasteiger partial charge in [0.2, 0.25) is 11.9 Å². The predicted octanol–water partition coefficient (Wildman–Crippen LogP) is 4.80. The maximum absolute atomic E-state index is 15.0. The zero-order valence-corrected chi connectivity index (χ0v) is 23.2. The fourth-order valence-corrected chi connectivity index (χ4v) is 5.90. The molecule has 1 aliphatic carbocycles. The van der Waals surface area contributed by atoms with Gasteiger partial charge >= 0.3 is 0 Å². The van der Waals surface area contributed by atoms with E-state index in [0.29, 0.717) is 67.5 Å². The van der Waals surface area contributed by atoms with Crippen LogP contribution in [0.25, 0.3) is 22.5 Å². The summed E-state index contributed by atoms with van der Waals surface area (Å²) in [4.78, 5) is 14.8. The number of nitrogen functional groups attached to an aromatic ring is 1. The SMILES string of the molecule is Cn1nc(-c2cnc(N3CC4(C3)CC(F)(F)C4)c(OCC3COC3)c2)nc1Nc1ccc(-c2ccnc(N)c2F)c(F)c1. The van der Waals surface area contributed by atoms with E-state index in [-0.39, 0.29) is 41.1 Å². The Hall–Kier alpha value is -4.46. The average Bonchev–Trinajstić information content (AvgIpc) is 3.26. The van der Waals surface area contributed by atoms with Gasteiger partial charge in [-0.05, 0) is 30.3 Å². The van der Waals surface area contributed by atoms with Gasteiger partial charge in [-0.15, -0.1) is 5.10 Å². The molecule has 14 heteroatoms. The van der Waals surface area contributed by atoms with E-state index in [9.17, 15) is 17.6 Å². The van der Waals surface area contributed by atoms with Crippen LogP contribution in [0.15, 0.2) is 42.7 Å². The van der Waals surface area contributed by atoms with E-state index in [4.69, 9.17) is 15.2 Å². The van der Waals surface area contributed by atoms with Crippen LogP contribution in [0.4, 0.5) is 40.8 Å². The van der Waals surface area contributed by atoms with Crippen LogP contribution in [-0.4, -0.2) is 63.6 Å². The summed E-state index contributed by atoms with van der Waals surface area (Å²) in [7, 11) is 1.68. The normalized spacial score (nSPS) is 18.6. The fraction of sp³-hybridized carbons (Fsp3) is 0.379. The molecule has 1 spiro atoms. The molecular weight excluding hydrogens is 568 g/mol. The van der Waals surface area contributed by atoms with Crippen molar-refractivity contribution in [2.75, 3.05) is 48.9 Å². The standard InChI is InChI=1S/C29H28F4N8O2/c1-40-27(37-18-2-3-19(21(30)7-18)20-4-5-35-24(34)23(20)31)38-25(39-40)17-6-22(43-11-16-9-42-10-16)26(36-8-17)41-14-28(15-41)12-29(32,33)13-28/h2-8,16H,9-15H2,1H3,(H2,34,35)(H,37,38,39). The van der Waals surface area contributed by atoms with Crippen LogP contribution >= 0.6 is 0 Å². The summed E-state index contributed by atoms with van der Waals surface area (Å²) in [6, 6.07) is 7.41. The molecule has 10 nitrogen and oxygen atoms in total. The molecule has 0 unspecified atom stereocenters. The van der Waals surface area contributed by atoms with Crippen LogP contribution in [0.5, 0.6) is 5.75 Å². The first-order valence-electron chi connectivity index (χ1n) is 13.8. The van der Waals surface area contributed by atoms with Gasteiger partial charge < -0.3 is 25.4 Å². The summed E-state index contributed by atoms with van der Waals surface area (Å²) in [5, 5.41) is 7.52. The monoisotopic (exact) mass is 596 g/mol. The number of alkyl halides is 2. The van der Waals surface area contributed by atoms with E-state index in [1.54, 1.807) is 25.4 Å². The van der Waals surface area contributed by atoms with E-state index in [0.717, 1.165) is 0 Å².